The van der Waals surface area contributed by atoms with Gasteiger partial charge in [-0.1, -0.05) is 6.07 Å². The maximum atomic E-state index is 11.5. The summed E-state index contributed by atoms with van der Waals surface area (Å²) in [5, 5.41) is 2.77. The Morgan fingerprint density at radius 2 is 2.15 bits per heavy atom. The van der Waals surface area contributed by atoms with E-state index >= 15 is 0 Å². The van der Waals surface area contributed by atoms with E-state index in [2.05, 4.69) is 31.0 Å². The van der Waals surface area contributed by atoms with E-state index in [4.69, 9.17) is 4.74 Å². The Hall–Kier alpha value is -0.370. The molecule has 0 unspecified atom stereocenters. The maximum Gasteiger partial charge on any atom is 0.407 e. The lowest BCUT2D eigenvalue weighted by Crippen LogP contribution is -2.35. The molecule has 1 N–H and O–H groups in total. The highest BCUT2D eigenvalue weighted by Crippen LogP contribution is 2.48. The van der Waals surface area contributed by atoms with Crippen LogP contribution in [0.4, 0.5) is 4.79 Å². The van der Waals surface area contributed by atoms with E-state index in [0.717, 1.165) is 11.0 Å². The molecule has 110 valence electrons. The largest absolute Gasteiger partial charge is 0.444 e. The minimum Gasteiger partial charge on any atom is -0.444 e. The number of rotatable bonds is 3. The van der Waals surface area contributed by atoms with E-state index in [0.29, 0.717) is 6.54 Å². The monoisotopic (exact) mass is 376 g/mol. The molecule has 1 aliphatic heterocycles. The van der Waals surface area contributed by atoms with E-state index in [-0.39, 0.29) is 6.09 Å². The normalized spacial score (nSPS) is 15.0. The Kier molecular flexibility index (Phi) is 5.28. The Bertz CT molecular complexity index is 506. The molecule has 0 aromatic heterocycles. The third kappa shape index (κ3) is 4.58. The van der Waals surface area contributed by atoms with Crippen molar-refractivity contribution in [2.45, 2.75) is 36.2 Å². The van der Waals surface area contributed by atoms with Crippen molar-refractivity contribution in [1.29, 1.82) is 0 Å². The molecule has 0 bridgehead atoms. The number of hydrogen-bond donors (Lipinski definition) is 1. The van der Waals surface area contributed by atoms with Crippen LogP contribution in [0.5, 0.6) is 0 Å². The van der Waals surface area contributed by atoms with Crippen LogP contribution in [-0.2, 0) is 4.74 Å². The number of carbonyl (C=O) groups excluding carboxylic acids is 1. The Morgan fingerprint density at radius 3 is 2.80 bits per heavy atom. The fraction of sp³-hybridized carbons (Fsp3) is 0.462. The molecule has 1 aliphatic rings. The first-order valence-electron chi connectivity index (χ1n) is 6.24. The van der Waals surface area contributed by atoms with Crippen LogP contribution in [0.1, 0.15) is 20.8 Å². The quantitative estimate of drug-likeness (QED) is 0.796. The second-order valence-corrected chi connectivity index (χ2v) is 8.41. The number of benzene rings is 1. The Morgan fingerprint density at radius 1 is 1.40 bits per heavy atom. The fourth-order valence-electron chi connectivity index (χ4n) is 1.53. The molecule has 0 aliphatic carbocycles. The molecule has 20 heavy (non-hydrogen) atoms. The van der Waals surface area contributed by atoms with Crippen LogP contribution >= 0.6 is 39.8 Å². The van der Waals surface area contributed by atoms with E-state index in [1.54, 1.807) is 23.9 Å². The van der Waals surface area contributed by atoms with Crippen molar-refractivity contribution in [2.75, 3.05) is 13.1 Å². The van der Waals surface area contributed by atoms with Gasteiger partial charge in [0.25, 0.3) is 0 Å². The average molecular weight is 377 g/mol. The van der Waals surface area contributed by atoms with Crippen molar-refractivity contribution in [3.8, 4) is 0 Å². The lowest BCUT2D eigenvalue weighted by atomic mass is 10.2. The number of alkyl carbamates (subject to hydrolysis) is 1. The summed E-state index contributed by atoms with van der Waals surface area (Å²) in [6, 6.07) is 6.16. The number of ether oxygens (including phenoxy) is 1. The molecule has 4 nitrogen and oxygen atoms in total. The van der Waals surface area contributed by atoms with Crippen LogP contribution in [0.25, 0.3) is 0 Å². The number of hydrogen-bond acceptors (Lipinski definition) is 5. The Balaban J connectivity index is 1.75. The summed E-state index contributed by atoms with van der Waals surface area (Å²) in [4.78, 5) is 14.0. The Labute approximate surface area is 136 Å². The van der Waals surface area contributed by atoms with E-state index in [9.17, 15) is 4.79 Å². The molecule has 1 aromatic rings. The zero-order valence-corrected chi connectivity index (χ0v) is 14.8. The van der Waals surface area contributed by atoms with E-state index < -0.39 is 5.60 Å². The van der Waals surface area contributed by atoms with Crippen molar-refractivity contribution in [1.82, 2.24) is 9.03 Å². The van der Waals surface area contributed by atoms with E-state index in [1.165, 1.54) is 9.79 Å². The van der Waals surface area contributed by atoms with Gasteiger partial charge in [-0.15, -0.1) is 0 Å². The highest BCUT2D eigenvalue weighted by molar-refractivity contribution is 9.10. The highest BCUT2D eigenvalue weighted by atomic mass is 79.9. The predicted octanol–water partition coefficient (Wildman–Crippen LogP) is 4.30. The van der Waals surface area contributed by atoms with Crippen LogP contribution < -0.4 is 5.32 Å². The highest BCUT2D eigenvalue weighted by Gasteiger charge is 2.23. The molecular weight excluding hydrogens is 360 g/mol. The summed E-state index contributed by atoms with van der Waals surface area (Å²) < 4.78 is 8.45. The molecule has 0 saturated heterocycles. The molecular formula is C13H17BrN2O2S2. The number of carbonyl (C=O) groups is 1. The van der Waals surface area contributed by atoms with Gasteiger partial charge >= 0.3 is 6.09 Å². The van der Waals surface area contributed by atoms with Crippen LogP contribution in [0.15, 0.2) is 32.5 Å². The number of nitrogens with one attached hydrogen (secondary N) is 1. The molecule has 0 saturated carbocycles. The number of fused-ring (bicyclic) bond motifs is 1. The minimum atomic E-state index is -0.456. The van der Waals surface area contributed by atoms with Crippen LogP contribution in [-0.4, -0.2) is 28.5 Å². The smallest absolute Gasteiger partial charge is 0.407 e. The lowest BCUT2D eigenvalue weighted by Gasteiger charge is -2.20. The van der Waals surface area contributed by atoms with Crippen LogP contribution in [0, 0.1) is 0 Å². The van der Waals surface area contributed by atoms with Crippen molar-refractivity contribution < 1.29 is 9.53 Å². The molecule has 0 spiro atoms. The predicted molar refractivity (Wildman–Crippen MR) is 86.8 cm³/mol. The molecule has 1 aromatic carbocycles. The first-order chi connectivity index (χ1) is 9.35. The summed E-state index contributed by atoms with van der Waals surface area (Å²) in [6.07, 6.45) is -0.370. The zero-order chi connectivity index (χ0) is 14.8. The van der Waals surface area contributed by atoms with Gasteiger partial charge in [0.15, 0.2) is 0 Å². The third-order valence-corrected chi connectivity index (χ3v) is 5.72. The molecule has 2 rings (SSSR count). The van der Waals surface area contributed by atoms with Crippen molar-refractivity contribution in [2.24, 2.45) is 0 Å². The van der Waals surface area contributed by atoms with Gasteiger partial charge in [0.1, 0.15) is 5.60 Å². The second-order valence-electron chi connectivity index (χ2n) is 5.23. The molecule has 1 heterocycles. The summed E-state index contributed by atoms with van der Waals surface area (Å²) in [6.45, 7) is 6.86. The molecule has 7 heteroatoms. The van der Waals surface area contributed by atoms with Gasteiger partial charge in [-0.05, 0) is 72.7 Å². The summed E-state index contributed by atoms with van der Waals surface area (Å²) in [7, 11) is 0. The van der Waals surface area contributed by atoms with Gasteiger partial charge in [-0.2, -0.15) is 3.71 Å². The molecule has 0 radical (unpaired) electrons. The van der Waals surface area contributed by atoms with Crippen LogP contribution in [0.2, 0.25) is 0 Å². The standard InChI is InChI=1S/C13H17BrN2O2S2/c1-13(2,3)18-12(17)15-7-8-16-19-10-6-4-5-9(14)11(10)20-16/h4-6H,7-8H2,1-3H3,(H,15,17). The fourth-order valence-corrected chi connectivity index (χ4v) is 4.52. The molecule has 0 atom stereocenters. The SMILES string of the molecule is CC(C)(C)OC(=O)NCCN1Sc2cccc(Br)c2S1. The summed E-state index contributed by atoms with van der Waals surface area (Å²) >= 11 is 6.92. The minimum absolute atomic E-state index is 0.370. The summed E-state index contributed by atoms with van der Waals surface area (Å²) in [5.41, 5.74) is -0.456. The van der Waals surface area contributed by atoms with Gasteiger partial charge in [-0.25, -0.2) is 4.79 Å². The molecule has 1 amide bonds. The summed E-state index contributed by atoms with van der Waals surface area (Å²) in [5.74, 6) is 0. The van der Waals surface area contributed by atoms with Crippen molar-refractivity contribution in [3.63, 3.8) is 0 Å². The van der Waals surface area contributed by atoms with Gasteiger partial charge < -0.3 is 10.1 Å². The van der Waals surface area contributed by atoms with Crippen LogP contribution in [0.3, 0.4) is 0 Å². The third-order valence-electron chi connectivity index (χ3n) is 2.29. The first kappa shape index (κ1) is 16.0. The zero-order valence-electron chi connectivity index (χ0n) is 11.6. The first-order valence-corrected chi connectivity index (χ1v) is 8.58. The number of amides is 1. The van der Waals surface area contributed by atoms with Gasteiger partial charge in [0.05, 0.1) is 4.90 Å². The van der Waals surface area contributed by atoms with Gasteiger partial charge in [-0.3, -0.25) is 0 Å². The maximum absolute atomic E-state index is 11.5. The number of halogens is 1. The van der Waals surface area contributed by atoms with Gasteiger partial charge in [0.2, 0.25) is 0 Å². The lowest BCUT2D eigenvalue weighted by molar-refractivity contribution is 0.0528. The van der Waals surface area contributed by atoms with Gasteiger partial charge in [0, 0.05) is 22.5 Å². The van der Waals surface area contributed by atoms with Crippen molar-refractivity contribution in [3.05, 3.63) is 22.7 Å². The topological polar surface area (TPSA) is 41.6 Å². The van der Waals surface area contributed by atoms with E-state index in [1.807, 2.05) is 32.9 Å². The average Bonchev–Trinajstić information content (AvgIpc) is 2.71. The molecule has 0 fully saturated rings. The second kappa shape index (κ2) is 6.60. The van der Waals surface area contributed by atoms with Crippen molar-refractivity contribution >= 4 is 45.9 Å². The number of nitrogens with zero attached hydrogens (tertiary/aromatic N) is 1.